The second kappa shape index (κ2) is 7.35. The van der Waals surface area contributed by atoms with Crippen molar-refractivity contribution in [2.45, 2.75) is 18.7 Å². The number of ether oxygens (including phenoxy) is 2. The van der Waals surface area contributed by atoms with Gasteiger partial charge in [-0.1, -0.05) is 17.7 Å². The van der Waals surface area contributed by atoms with E-state index in [4.69, 9.17) is 9.47 Å². The lowest BCUT2D eigenvalue weighted by Gasteiger charge is -2.08. The lowest BCUT2D eigenvalue weighted by atomic mass is 10.2. The summed E-state index contributed by atoms with van der Waals surface area (Å²) in [5, 5.41) is 3.83. The first kappa shape index (κ1) is 17.8. The van der Waals surface area contributed by atoms with E-state index in [1.54, 1.807) is 44.4 Å². The Hall–Kier alpha value is -2.54. The molecule has 2 rings (SSSR count). The van der Waals surface area contributed by atoms with Gasteiger partial charge in [-0.2, -0.15) is 13.5 Å². The van der Waals surface area contributed by atoms with Gasteiger partial charge in [-0.25, -0.2) is 4.83 Å². The van der Waals surface area contributed by atoms with Crippen LogP contribution in [0.4, 0.5) is 0 Å². The Balaban J connectivity index is 2.21. The number of nitrogens with one attached hydrogen (secondary N) is 1. The van der Waals surface area contributed by atoms with Crippen LogP contribution in [-0.2, 0) is 10.0 Å². The minimum atomic E-state index is -3.72. The Morgan fingerprint density at radius 1 is 1.04 bits per heavy atom. The van der Waals surface area contributed by atoms with Crippen molar-refractivity contribution in [1.29, 1.82) is 0 Å². The van der Waals surface area contributed by atoms with Crippen molar-refractivity contribution < 1.29 is 17.9 Å². The van der Waals surface area contributed by atoms with Crippen molar-refractivity contribution in [2.24, 2.45) is 5.10 Å². The first-order chi connectivity index (χ1) is 11.4. The molecule has 0 bridgehead atoms. The van der Waals surface area contributed by atoms with Crippen LogP contribution >= 0.6 is 0 Å². The number of hydrogen-bond acceptors (Lipinski definition) is 5. The fraction of sp³-hybridized carbons (Fsp3) is 0.235. The maximum absolute atomic E-state index is 12.3. The normalized spacial score (nSPS) is 11.5. The van der Waals surface area contributed by atoms with Gasteiger partial charge in [0.15, 0.2) is 0 Å². The van der Waals surface area contributed by atoms with Crippen molar-refractivity contribution in [1.82, 2.24) is 4.83 Å². The van der Waals surface area contributed by atoms with Crippen molar-refractivity contribution in [3.05, 3.63) is 53.1 Å². The highest BCUT2D eigenvalue weighted by molar-refractivity contribution is 7.89. The molecule has 0 aromatic heterocycles. The molecular formula is C17H20N2O4S. The van der Waals surface area contributed by atoms with Gasteiger partial charge in [0.05, 0.1) is 25.3 Å². The van der Waals surface area contributed by atoms with Crippen LogP contribution in [0.2, 0.25) is 0 Å². The number of aryl methyl sites for hydroxylation is 2. The SMILES string of the molecule is COc1ccc(/C=N/NS(=O)(=O)c2ccc(C)cc2C)c(OC)c1. The molecule has 0 heterocycles. The van der Waals surface area contributed by atoms with Crippen molar-refractivity contribution in [2.75, 3.05) is 14.2 Å². The molecule has 0 fully saturated rings. The second-order valence-electron chi connectivity index (χ2n) is 5.23. The molecule has 0 amide bonds. The molecule has 0 aliphatic heterocycles. The zero-order valence-electron chi connectivity index (χ0n) is 14.0. The van der Waals surface area contributed by atoms with E-state index in [-0.39, 0.29) is 4.90 Å². The molecule has 2 aromatic carbocycles. The minimum Gasteiger partial charge on any atom is -0.497 e. The fourth-order valence-corrected chi connectivity index (χ4v) is 3.26. The quantitative estimate of drug-likeness (QED) is 0.643. The first-order valence-corrected chi connectivity index (χ1v) is 8.70. The summed E-state index contributed by atoms with van der Waals surface area (Å²) >= 11 is 0. The molecule has 0 atom stereocenters. The fourth-order valence-electron chi connectivity index (χ4n) is 2.24. The third kappa shape index (κ3) is 4.05. The predicted octanol–water partition coefficient (Wildman–Crippen LogP) is 2.63. The minimum absolute atomic E-state index is 0.201. The summed E-state index contributed by atoms with van der Waals surface area (Å²) < 4.78 is 35.0. The zero-order chi connectivity index (χ0) is 17.7. The molecule has 0 aliphatic carbocycles. The molecule has 0 saturated heterocycles. The molecular weight excluding hydrogens is 328 g/mol. The van der Waals surface area contributed by atoms with Crippen LogP contribution in [-0.4, -0.2) is 28.9 Å². The van der Waals surface area contributed by atoms with Crippen LogP contribution in [0.1, 0.15) is 16.7 Å². The predicted molar refractivity (Wildman–Crippen MR) is 93.4 cm³/mol. The molecule has 1 N–H and O–H groups in total. The van der Waals surface area contributed by atoms with Gasteiger partial charge in [-0.3, -0.25) is 0 Å². The largest absolute Gasteiger partial charge is 0.497 e. The van der Waals surface area contributed by atoms with E-state index < -0.39 is 10.0 Å². The molecule has 0 aliphatic rings. The van der Waals surface area contributed by atoms with Crippen LogP contribution in [0.3, 0.4) is 0 Å². The molecule has 0 unspecified atom stereocenters. The third-order valence-corrected chi connectivity index (χ3v) is 4.82. The highest BCUT2D eigenvalue weighted by Gasteiger charge is 2.15. The lowest BCUT2D eigenvalue weighted by Crippen LogP contribution is -2.19. The summed E-state index contributed by atoms with van der Waals surface area (Å²) in [5.41, 5.74) is 2.29. The van der Waals surface area contributed by atoms with Crippen LogP contribution in [0, 0.1) is 13.8 Å². The van der Waals surface area contributed by atoms with Gasteiger partial charge in [-0.05, 0) is 37.6 Å². The zero-order valence-corrected chi connectivity index (χ0v) is 14.8. The monoisotopic (exact) mass is 348 g/mol. The van der Waals surface area contributed by atoms with Crippen LogP contribution in [0.25, 0.3) is 0 Å². The van der Waals surface area contributed by atoms with Gasteiger partial charge in [0.2, 0.25) is 0 Å². The Labute approximate surface area is 142 Å². The Morgan fingerprint density at radius 3 is 2.42 bits per heavy atom. The standard InChI is InChI=1S/C17H20N2O4S/c1-12-5-8-17(13(2)9-12)24(20,21)19-18-11-14-6-7-15(22-3)10-16(14)23-4/h5-11,19H,1-4H3/b18-11+. The number of hydrogen-bond donors (Lipinski definition) is 1. The highest BCUT2D eigenvalue weighted by atomic mass is 32.2. The smallest absolute Gasteiger partial charge is 0.276 e. The number of rotatable bonds is 6. The second-order valence-corrected chi connectivity index (χ2v) is 6.86. The lowest BCUT2D eigenvalue weighted by molar-refractivity contribution is 0.394. The maximum atomic E-state index is 12.3. The van der Waals surface area contributed by atoms with E-state index in [9.17, 15) is 8.42 Å². The van der Waals surface area contributed by atoms with Gasteiger partial charge in [0.1, 0.15) is 11.5 Å². The van der Waals surface area contributed by atoms with E-state index in [2.05, 4.69) is 9.93 Å². The van der Waals surface area contributed by atoms with Crippen molar-refractivity contribution in [3.63, 3.8) is 0 Å². The summed E-state index contributed by atoms with van der Waals surface area (Å²) in [6.07, 6.45) is 1.39. The molecule has 2 aromatic rings. The molecule has 0 spiro atoms. The molecule has 0 saturated carbocycles. The van der Waals surface area contributed by atoms with E-state index in [1.165, 1.54) is 13.3 Å². The number of nitrogens with zero attached hydrogens (tertiary/aromatic N) is 1. The van der Waals surface area contributed by atoms with E-state index in [0.29, 0.717) is 22.6 Å². The Bertz CT molecular complexity index is 861. The van der Waals surface area contributed by atoms with E-state index >= 15 is 0 Å². The van der Waals surface area contributed by atoms with E-state index in [1.807, 2.05) is 13.0 Å². The van der Waals surface area contributed by atoms with Gasteiger partial charge >= 0.3 is 0 Å². The molecule has 7 heteroatoms. The van der Waals surface area contributed by atoms with Crippen LogP contribution < -0.4 is 14.3 Å². The summed E-state index contributed by atoms with van der Waals surface area (Å²) in [6.45, 7) is 3.66. The molecule has 0 radical (unpaired) electrons. The Kier molecular flexibility index (Phi) is 5.46. The van der Waals surface area contributed by atoms with E-state index in [0.717, 1.165) is 5.56 Å². The molecule has 6 nitrogen and oxygen atoms in total. The number of sulfonamides is 1. The van der Waals surface area contributed by atoms with Crippen molar-refractivity contribution in [3.8, 4) is 11.5 Å². The average Bonchev–Trinajstić information content (AvgIpc) is 2.54. The Morgan fingerprint density at radius 2 is 1.79 bits per heavy atom. The first-order valence-electron chi connectivity index (χ1n) is 7.21. The number of benzene rings is 2. The summed E-state index contributed by atoms with van der Waals surface area (Å²) in [6, 6.07) is 10.3. The van der Waals surface area contributed by atoms with Crippen molar-refractivity contribution >= 4 is 16.2 Å². The summed E-state index contributed by atoms with van der Waals surface area (Å²) in [7, 11) is -0.648. The summed E-state index contributed by atoms with van der Waals surface area (Å²) in [4.78, 5) is 2.42. The number of methoxy groups -OCH3 is 2. The topological polar surface area (TPSA) is 77.0 Å². The van der Waals surface area contributed by atoms with Gasteiger partial charge in [0, 0.05) is 11.6 Å². The molecule has 24 heavy (non-hydrogen) atoms. The maximum Gasteiger partial charge on any atom is 0.276 e. The van der Waals surface area contributed by atoms with Gasteiger partial charge in [0.25, 0.3) is 10.0 Å². The summed E-state index contributed by atoms with van der Waals surface area (Å²) in [5.74, 6) is 1.17. The number of hydrazone groups is 1. The van der Waals surface area contributed by atoms with Gasteiger partial charge in [-0.15, -0.1) is 0 Å². The van der Waals surface area contributed by atoms with Crippen LogP contribution in [0.15, 0.2) is 46.4 Å². The van der Waals surface area contributed by atoms with Gasteiger partial charge < -0.3 is 9.47 Å². The average molecular weight is 348 g/mol. The molecule has 128 valence electrons. The third-order valence-electron chi connectivity index (χ3n) is 3.44. The van der Waals surface area contributed by atoms with Crippen LogP contribution in [0.5, 0.6) is 11.5 Å². The highest BCUT2D eigenvalue weighted by Crippen LogP contribution is 2.23.